The van der Waals surface area contributed by atoms with Crippen molar-refractivity contribution in [3.05, 3.63) is 17.8 Å². The first kappa shape index (κ1) is 8.72. The van der Waals surface area contributed by atoms with Crippen LogP contribution in [0.5, 0.6) is 0 Å². The lowest BCUT2D eigenvalue weighted by atomic mass is 10.2. The number of aliphatic hydroxyl groups is 1. The molecule has 1 aromatic heterocycles. The molecule has 1 atom stereocenters. The quantitative estimate of drug-likeness (QED) is 0.720. The van der Waals surface area contributed by atoms with Gasteiger partial charge in [0.25, 0.3) is 0 Å². The van der Waals surface area contributed by atoms with Crippen LogP contribution in [0.3, 0.4) is 0 Å². The van der Waals surface area contributed by atoms with Gasteiger partial charge in [0.05, 0.1) is 18.3 Å². The molecule has 4 nitrogen and oxygen atoms in total. The lowest BCUT2D eigenvalue weighted by Gasteiger charge is -2.03. The summed E-state index contributed by atoms with van der Waals surface area (Å²) in [6.07, 6.45) is 4.53. The van der Waals surface area contributed by atoms with Crippen molar-refractivity contribution in [2.45, 2.75) is 25.3 Å². The van der Waals surface area contributed by atoms with Crippen molar-refractivity contribution in [3.8, 4) is 0 Å². The van der Waals surface area contributed by atoms with Gasteiger partial charge in [-0.25, -0.2) is 4.98 Å². The predicted molar refractivity (Wildman–Crippen MR) is 47.3 cm³/mol. The molecule has 1 unspecified atom stereocenters. The maximum atomic E-state index is 8.68. The first-order chi connectivity index (χ1) is 6.40. The van der Waals surface area contributed by atoms with E-state index in [4.69, 9.17) is 9.52 Å². The summed E-state index contributed by atoms with van der Waals surface area (Å²) in [5.41, 5.74) is 0.973. The molecule has 0 spiro atoms. The number of aromatic nitrogens is 1. The standard InChI is InChI=1S/C9H14N2O2/c12-5-3-9-11-8(6-13-9)7-2-1-4-10-7/h6-7,10,12H,1-5H2. The summed E-state index contributed by atoms with van der Waals surface area (Å²) < 4.78 is 5.21. The molecule has 2 rings (SSSR count). The van der Waals surface area contributed by atoms with Gasteiger partial charge in [-0.2, -0.15) is 0 Å². The van der Waals surface area contributed by atoms with Crippen molar-refractivity contribution in [2.24, 2.45) is 0 Å². The zero-order chi connectivity index (χ0) is 9.10. The first-order valence-corrected chi connectivity index (χ1v) is 4.68. The molecule has 4 heteroatoms. The number of rotatable bonds is 3. The summed E-state index contributed by atoms with van der Waals surface area (Å²) in [7, 11) is 0. The molecular formula is C9H14N2O2. The van der Waals surface area contributed by atoms with Crippen molar-refractivity contribution in [1.82, 2.24) is 10.3 Å². The van der Waals surface area contributed by atoms with Crippen LogP contribution in [0, 0.1) is 0 Å². The number of hydrogen-bond acceptors (Lipinski definition) is 4. The first-order valence-electron chi connectivity index (χ1n) is 4.68. The molecule has 13 heavy (non-hydrogen) atoms. The Morgan fingerprint density at radius 1 is 1.69 bits per heavy atom. The van der Waals surface area contributed by atoms with E-state index in [9.17, 15) is 0 Å². The molecule has 0 radical (unpaired) electrons. The van der Waals surface area contributed by atoms with Gasteiger partial charge in [-0.3, -0.25) is 0 Å². The fraction of sp³-hybridized carbons (Fsp3) is 0.667. The van der Waals surface area contributed by atoms with Gasteiger partial charge in [0.1, 0.15) is 6.26 Å². The van der Waals surface area contributed by atoms with Crippen molar-refractivity contribution in [3.63, 3.8) is 0 Å². The second-order valence-corrected chi connectivity index (χ2v) is 3.29. The Labute approximate surface area is 77.0 Å². The third kappa shape index (κ3) is 1.89. The fourth-order valence-corrected chi connectivity index (χ4v) is 1.63. The molecule has 1 aromatic rings. The monoisotopic (exact) mass is 182 g/mol. The molecule has 1 aliphatic rings. The number of nitrogens with zero attached hydrogens (tertiary/aromatic N) is 1. The summed E-state index contributed by atoms with van der Waals surface area (Å²) in [5, 5.41) is 12.0. The van der Waals surface area contributed by atoms with Gasteiger partial charge in [-0.15, -0.1) is 0 Å². The number of hydrogen-bond donors (Lipinski definition) is 2. The van der Waals surface area contributed by atoms with E-state index in [0.717, 1.165) is 18.7 Å². The van der Waals surface area contributed by atoms with Crippen LogP contribution in [0.25, 0.3) is 0 Å². The van der Waals surface area contributed by atoms with E-state index >= 15 is 0 Å². The summed E-state index contributed by atoms with van der Waals surface area (Å²) in [6.45, 7) is 1.16. The predicted octanol–water partition coefficient (Wildman–Crippen LogP) is 0.634. The van der Waals surface area contributed by atoms with Gasteiger partial charge in [0.2, 0.25) is 0 Å². The van der Waals surface area contributed by atoms with E-state index in [1.165, 1.54) is 6.42 Å². The molecule has 0 aliphatic carbocycles. The molecule has 1 aliphatic heterocycles. The van der Waals surface area contributed by atoms with Gasteiger partial charge in [-0.05, 0) is 19.4 Å². The summed E-state index contributed by atoms with van der Waals surface area (Å²) in [5.74, 6) is 0.631. The lowest BCUT2D eigenvalue weighted by Crippen LogP contribution is -2.13. The highest BCUT2D eigenvalue weighted by atomic mass is 16.3. The minimum Gasteiger partial charge on any atom is -0.449 e. The Kier molecular flexibility index (Phi) is 2.61. The van der Waals surface area contributed by atoms with Crippen LogP contribution < -0.4 is 5.32 Å². The molecule has 0 saturated carbocycles. The van der Waals surface area contributed by atoms with E-state index in [1.807, 2.05) is 0 Å². The molecular weight excluding hydrogens is 168 g/mol. The van der Waals surface area contributed by atoms with E-state index in [2.05, 4.69) is 10.3 Å². The summed E-state index contributed by atoms with van der Waals surface area (Å²) in [4.78, 5) is 4.29. The average Bonchev–Trinajstić information content (AvgIpc) is 2.70. The Morgan fingerprint density at radius 2 is 2.62 bits per heavy atom. The minimum atomic E-state index is 0.0953. The Morgan fingerprint density at radius 3 is 3.31 bits per heavy atom. The van der Waals surface area contributed by atoms with Crippen LogP contribution in [0.1, 0.15) is 30.5 Å². The Bertz CT molecular complexity index is 266. The largest absolute Gasteiger partial charge is 0.449 e. The highest BCUT2D eigenvalue weighted by Crippen LogP contribution is 2.22. The van der Waals surface area contributed by atoms with Crippen LogP contribution in [-0.4, -0.2) is 23.2 Å². The maximum absolute atomic E-state index is 8.68. The summed E-state index contributed by atoms with van der Waals surface area (Å²) in [6, 6.07) is 0.358. The van der Waals surface area contributed by atoms with Gasteiger partial charge >= 0.3 is 0 Å². The minimum absolute atomic E-state index is 0.0953. The van der Waals surface area contributed by atoms with Crippen molar-refractivity contribution < 1.29 is 9.52 Å². The zero-order valence-corrected chi connectivity index (χ0v) is 7.49. The summed E-state index contributed by atoms with van der Waals surface area (Å²) >= 11 is 0. The van der Waals surface area contributed by atoms with Crippen LogP contribution in [0.15, 0.2) is 10.7 Å². The second-order valence-electron chi connectivity index (χ2n) is 3.29. The molecule has 0 amide bonds. The SMILES string of the molecule is OCCc1nc(C2CCCN2)co1. The normalized spacial score (nSPS) is 22.4. The van der Waals surface area contributed by atoms with Gasteiger partial charge in [0.15, 0.2) is 5.89 Å². The lowest BCUT2D eigenvalue weighted by molar-refractivity contribution is 0.285. The Balaban J connectivity index is 2.03. The van der Waals surface area contributed by atoms with Crippen molar-refractivity contribution in [1.29, 1.82) is 0 Å². The fourth-order valence-electron chi connectivity index (χ4n) is 1.63. The van der Waals surface area contributed by atoms with E-state index < -0.39 is 0 Å². The number of aliphatic hydroxyl groups excluding tert-OH is 1. The van der Waals surface area contributed by atoms with Crippen molar-refractivity contribution >= 4 is 0 Å². The number of oxazole rings is 1. The average molecular weight is 182 g/mol. The molecule has 1 saturated heterocycles. The van der Waals surface area contributed by atoms with E-state index in [1.54, 1.807) is 6.26 Å². The van der Waals surface area contributed by atoms with E-state index in [0.29, 0.717) is 18.4 Å². The van der Waals surface area contributed by atoms with Crippen LogP contribution >= 0.6 is 0 Å². The van der Waals surface area contributed by atoms with Gasteiger partial charge < -0.3 is 14.8 Å². The highest BCUT2D eigenvalue weighted by Gasteiger charge is 2.19. The zero-order valence-electron chi connectivity index (χ0n) is 7.49. The topological polar surface area (TPSA) is 58.3 Å². The van der Waals surface area contributed by atoms with Crippen LogP contribution in [0.4, 0.5) is 0 Å². The van der Waals surface area contributed by atoms with Crippen LogP contribution in [0.2, 0.25) is 0 Å². The van der Waals surface area contributed by atoms with Gasteiger partial charge in [0, 0.05) is 6.42 Å². The smallest absolute Gasteiger partial charge is 0.196 e. The second kappa shape index (κ2) is 3.89. The maximum Gasteiger partial charge on any atom is 0.196 e. The molecule has 0 aromatic carbocycles. The van der Waals surface area contributed by atoms with Crippen LogP contribution in [-0.2, 0) is 6.42 Å². The highest BCUT2D eigenvalue weighted by molar-refractivity contribution is 5.05. The third-order valence-electron chi connectivity index (χ3n) is 2.31. The molecule has 1 fully saturated rings. The molecule has 72 valence electrons. The Hall–Kier alpha value is -0.870. The van der Waals surface area contributed by atoms with Crippen molar-refractivity contribution in [2.75, 3.05) is 13.2 Å². The van der Waals surface area contributed by atoms with Gasteiger partial charge in [-0.1, -0.05) is 0 Å². The molecule has 2 heterocycles. The molecule has 0 bridgehead atoms. The number of nitrogens with one attached hydrogen (secondary N) is 1. The third-order valence-corrected chi connectivity index (χ3v) is 2.31. The molecule has 2 N–H and O–H groups in total. The van der Waals surface area contributed by atoms with E-state index in [-0.39, 0.29) is 6.61 Å².